The van der Waals surface area contributed by atoms with Gasteiger partial charge in [0.05, 0.1) is 16.5 Å². The molecule has 0 saturated carbocycles. The van der Waals surface area contributed by atoms with E-state index in [-0.39, 0.29) is 23.0 Å². The van der Waals surface area contributed by atoms with Gasteiger partial charge >= 0.3 is 0 Å². The van der Waals surface area contributed by atoms with Crippen LogP contribution in [-0.2, 0) is 4.79 Å². The molecule has 6 nitrogen and oxygen atoms in total. The number of nitrogens with one attached hydrogen (secondary N) is 2. The standard InChI is InChI=1S/C19H13Cl2FN4O2S/c20-12-4-5-14(21)15(9-12)23-17(27)10-29-18-7-6-16(25-26-18)24-19(28)11-2-1-3-13(22)8-11/h1-9H,10H2,(H,23,27)(H,24,25,28). The predicted octanol–water partition coefficient (Wildman–Crippen LogP) is 4.91. The number of carbonyl (C=O) groups is 2. The van der Waals surface area contributed by atoms with Crippen molar-refractivity contribution in [2.24, 2.45) is 0 Å². The van der Waals surface area contributed by atoms with Crippen molar-refractivity contribution in [3.05, 3.63) is 76.0 Å². The lowest BCUT2D eigenvalue weighted by atomic mass is 10.2. The quantitative estimate of drug-likeness (QED) is 0.521. The molecule has 0 aliphatic rings. The fourth-order valence-corrected chi connectivity index (χ4v) is 3.15. The van der Waals surface area contributed by atoms with Crippen LogP contribution in [0, 0.1) is 5.82 Å². The summed E-state index contributed by atoms with van der Waals surface area (Å²) in [5.41, 5.74) is 0.591. The number of anilines is 2. The highest BCUT2D eigenvalue weighted by Gasteiger charge is 2.10. The van der Waals surface area contributed by atoms with E-state index in [1.54, 1.807) is 24.3 Å². The van der Waals surface area contributed by atoms with Crippen molar-refractivity contribution in [3.63, 3.8) is 0 Å². The Labute approximate surface area is 179 Å². The van der Waals surface area contributed by atoms with Gasteiger partial charge in [-0.1, -0.05) is 41.0 Å². The van der Waals surface area contributed by atoms with Crippen LogP contribution < -0.4 is 10.6 Å². The highest BCUT2D eigenvalue weighted by atomic mass is 35.5. The number of hydrogen-bond donors (Lipinski definition) is 2. The summed E-state index contributed by atoms with van der Waals surface area (Å²) in [5, 5.41) is 14.4. The second kappa shape index (κ2) is 9.69. The van der Waals surface area contributed by atoms with Gasteiger partial charge in [0.15, 0.2) is 5.82 Å². The third-order valence-electron chi connectivity index (χ3n) is 3.52. The number of halogens is 3. The van der Waals surface area contributed by atoms with E-state index >= 15 is 0 Å². The molecule has 0 spiro atoms. The average Bonchev–Trinajstić information content (AvgIpc) is 2.70. The van der Waals surface area contributed by atoms with E-state index in [1.165, 1.54) is 24.3 Å². The third-order valence-corrected chi connectivity index (χ3v) is 5.01. The molecule has 1 heterocycles. The summed E-state index contributed by atoms with van der Waals surface area (Å²) < 4.78 is 13.2. The molecule has 0 unspecified atom stereocenters. The molecule has 10 heteroatoms. The molecule has 0 aliphatic heterocycles. The summed E-state index contributed by atoms with van der Waals surface area (Å²) in [4.78, 5) is 24.1. The van der Waals surface area contributed by atoms with Crippen molar-refractivity contribution in [1.29, 1.82) is 0 Å². The van der Waals surface area contributed by atoms with Gasteiger partial charge in [-0.25, -0.2) is 4.39 Å². The van der Waals surface area contributed by atoms with E-state index in [9.17, 15) is 14.0 Å². The van der Waals surface area contributed by atoms with E-state index in [1.807, 2.05) is 0 Å². The van der Waals surface area contributed by atoms with Crippen LogP contribution in [0.2, 0.25) is 10.0 Å². The maximum absolute atomic E-state index is 13.2. The molecular weight excluding hydrogens is 438 g/mol. The minimum absolute atomic E-state index is 0.0759. The Kier molecular flexibility index (Phi) is 7.03. The Bertz CT molecular complexity index is 1050. The molecule has 3 rings (SSSR count). The topological polar surface area (TPSA) is 84.0 Å². The lowest BCUT2D eigenvalue weighted by molar-refractivity contribution is -0.113. The lowest BCUT2D eigenvalue weighted by Crippen LogP contribution is -2.15. The van der Waals surface area contributed by atoms with E-state index in [0.717, 1.165) is 17.8 Å². The van der Waals surface area contributed by atoms with Crippen LogP contribution in [0.5, 0.6) is 0 Å². The number of thioether (sulfide) groups is 1. The summed E-state index contributed by atoms with van der Waals surface area (Å²) in [6.45, 7) is 0. The van der Waals surface area contributed by atoms with Gasteiger partial charge in [-0.3, -0.25) is 9.59 Å². The van der Waals surface area contributed by atoms with Gasteiger partial charge in [0.1, 0.15) is 10.8 Å². The summed E-state index contributed by atoms with van der Waals surface area (Å²) >= 11 is 13.1. The van der Waals surface area contributed by atoms with Crippen LogP contribution in [0.4, 0.5) is 15.9 Å². The lowest BCUT2D eigenvalue weighted by Gasteiger charge is -2.07. The first-order valence-corrected chi connectivity index (χ1v) is 9.93. The molecule has 1 aromatic heterocycles. The Balaban J connectivity index is 1.53. The number of aromatic nitrogens is 2. The van der Waals surface area contributed by atoms with Gasteiger partial charge in [0.2, 0.25) is 5.91 Å². The molecule has 148 valence electrons. The number of carbonyl (C=O) groups excluding carboxylic acids is 2. The molecule has 0 aliphatic carbocycles. The summed E-state index contributed by atoms with van der Waals surface area (Å²) in [7, 11) is 0. The fraction of sp³-hybridized carbons (Fsp3) is 0.0526. The zero-order valence-electron chi connectivity index (χ0n) is 14.7. The molecule has 29 heavy (non-hydrogen) atoms. The Morgan fingerprint density at radius 1 is 1.00 bits per heavy atom. The highest BCUT2D eigenvalue weighted by Crippen LogP contribution is 2.26. The second-order valence-corrected chi connectivity index (χ2v) is 7.52. The SMILES string of the molecule is O=C(CSc1ccc(NC(=O)c2cccc(F)c2)nn1)Nc1cc(Cl)ccc1Cl. The third kappa shape index (κ3) is 6.15. The Hall–Kier alpha value is -2.68. The molecule has 3 aromatic rings. The molecule has 0 saturated heterocycles. The van der Waals surface area contributed by atoms with Gasteiger partial charge in [0.25, 0.3) is 5.91 Å². The number of rotatable bonds is 6. The molecule has 0 bridgehead atoms. The van der Waals surface area contributed by atoms with Crippen LogP contribution in [-0.4, -0.2) is 27.8 Å². The van der Waals surface area contributed by atoms with Gasteiger partial charge in [-0.15, -0.1) is 10.2 Å². The zero-order valence-corrected chi connectivity index (χ0v) is 17.0. The Morgan fingerprint density at radius 3 is 2.55 bits per heavy atom. The van der Waals surface area contributed by atoms with Crippen LogP contribution in [0.1, 0.15) is 10.4 Å². The van der Waals surface area contributed by atoms with Crippen LogP contribution >= 0.6 is 35.0 Å². The zero-order chi connectivity index (χ0) is 20.8. The monoisotopic (exact) mass is 450 g/mol. The first-order chi connectivity index (χ1) is 13.9. The molecular formula is C19H13Cl2FN4O2S. The van der Waals surface area contributed by atoms with Crippen molar-refractivity contribution < 1.29 is 14.0 Å². The second-order valence-electron chi connectivity index (χ2n) is 5.68. The maximum atomic E-state index is 13.2. The normalized spacial score (nSPS) is 10.4. The number of hydrogen-bond acceptors (Lipinski definition) is 5. The van der Waals surface area contributed by atoms with Crippen molar-refractivity contribution >= 4 is 58.3 Å². The van der Waals surface area contributed by atoms with E-state index in [0.29, 0.717) is 20.8 Å². The number of amides is 2. The smallest absolute Gasteiger partial charge is 0.256 e. The highest BCUT2D eigenvalue weighted by molar-refractivity contribution is 7.99. The van der Waals surface area contributed by atoms with Gasteiger partial charge in [0, 0.05) is 10.6 Å². The molecule has 0 fully saturated rings. The minimum atomic E-state index is -0.507. The van der Waals surface area contributed by atoms with Gasteiger partial charge in [-0.05, 0) is 48.5 Å². The molecule has 2 amide bonds. The van der Waals surface area contributed by atoms with E-state index in [2.05, 4.69) is 20.8 Å². The number of nitrogens with zero attached hydrogens (tertiary/aromatic N) is 2. The first kappa shape index (κ1) is 21.0. The van der Waals surface area contributed by atoms with Gasteiger partial charge < -0.3 is 10.6 Å². The minimum Gasteiger partial charge on any atom is -0.324 e. The molecule has 0 radical (unpaired) electrons. The summed E-state index contributed by atoms with van der Waals surface area (Å²) in [6, 6.07) is 13.2. The van der Waals surface area contributed by atoms with Gasteiger partial charge in [-0.2, -0.15) is 0 Å². The molecule has 0 atom stereocenters. The number of benzene rings is 2. The summed E-state index contributed by atoms with van der Waals surface area (Å²) in [5.74, 6) is -1.01. The summed E-state index contributed by atoms with van der Waals surface area (Å²) in [6.07, 6.45) is 0. The predicted molar refractivity (Wildman–Crippen MR) is 112 cm³/mol. The molecule has 2 aromatic carbocycles. The maximum Gasteiger partial charge on any atom is 0.256 e. The largest absolute Gasteiger partial charge is 0.324 e. The fourth-order valence-electron chi connectivity index (χ4n) is 2.20. The van der Waals surface area contributed by atoms with Crippen molar-refractivity contribution in [2.75, 3.05) is 16.4 Å². The van der Waals surface area contributed by atoms with Crippen LogP contribution in [0.25, 0.3) is 0 Å². The first-order valence-electron chi connectivity index (χ1n) is 8.19. The van der Waals surface area contributed by atoms with E-state index in [4.69, 9.17) is 23.2 Å². The Morgan fingerprint density at radius 2 is 1.83 bits per heavy atom. The van der Waals surface area contributed by atoms with Crippen LogP contribution in [0.15, 0.2) is 59.6 Å². The van der Waals surface area contributed by atoms with E-state index < -0.39 is 11.7 Å². The van der Waals surface area contributed by atoms with Crippen molar-refractivity contribution in [3.8, 4) is 0 Å². The van der Waals surface area contributed by atoms with Crippen molar-refractivity contribution in [1.82, 2.24) is 10.2 Å². The average molecular weight is 451 g/mol. The van der Waals surface area contributed by atoms with Crippen molar-refractivity contribution in [2.45, 2.75) is 5.03 Å². The van der Waals surface area contributed by atoms with Crippen LogP contribution in [0.3, 0.4) is 0 Å². The molecule has 2 N–H and O–H groups in total.